The first-order valence-electron chi connectivity index (χ1n) is 9.14. The van der Waals surface area contributed by atoms with Crippen LogP contribution in [0.3, 0.4) is 0 Å². The predicted molar refractivity (Wildman–Crippen MR) is 110 cm³/mol. The molecular formula is C21H22FN3O2S. The number of halogens is 1. The van der Waals surface area contributed by atoms with Crippen molar-refractivity contribution in [2.45, 2.75) is 38.0 Å². The van der Waals surface area contributed by atoms with Crippen molar-refractivity contribution >= 4 is 28.6 Å². The van der Waals surface area contributed by atoms with E-state index in [0.717, 1.165) is 12.0 Å². The van der Waals surface area contributed by atoms with Crippen molar-refractivity contribution < 1.29 is 9.18 Å². The molecule has 0 saturated heterocycles. The first-order valence-corrected chi connectivity index (χ1v) is 10.1. The smallest absolute Gasteiger partial charge is 0.262 e. The van der Waals surface area contributed by atoms with Crippen LogP contribution in [-0.2, 0) is 11.3 Å². The summed E-state index contributed by atoms with van der Waals surface area (Å²) >= 11 is 1.22. The Morgan fingerprint density at radius 1 is 1.21 bits per heavy atom. The molecular weight excluding hydrogens is 377 g/mol. The molecule has 0 saturated carbocycles. The van der Waals surface area contributed by atoms with Gasteiger partial charge in [-0.15, -0.1) is 0 Å². The van der Waals surface area contributed by atoms with Crippen LogP contribution in [0.2, 0.25) is 0 Å². The summed E-state index contributed by atoms with van der Waals surface area (Å²) in [6, 6.07) is 13.2. The number of hydrogen-bond donors (Lipinski definition) is 1. The molecule has 0 radical (unpaired) electrons. The van der Waals surface area contributed by atoms with Crippen LogP contribution in [0.15, 0.2) is 58.5 Å². The molecule has 1 atom stereocenters. The largest absolute Gasteiger partial charge is 0.353 e. The van der Waals surface area contributed by atoms with Crippen LogP contribution in [0.4, 0.5) is 4.39 Å². The molecule has 0 fully saturated rings. The van der Waals surface area contributed by atoms with Gasteiger partial charge in [0.1, 0.15) is 5.82 Å². The average Bonchev–Trinajstić information content (AvgIpc) is 2.70. The molecule has 3 aromatic rings. The SMILES string of the molecule is CC[C@H](C)NC(=O)CSc1nc2ccccc2c(=O)n1Cc1ccc(F)cc1. The molecule has 0 aliphatic rings. The van der Waals surface area contributed by atoms with E-state index in [4.69, 9.17) is 0 Å². The highest BCUT2D eigenvalue weighted by molar-refractivity contribution is 7.99. The van der Waals surface area contributed by atoms with Gasteiger partial charge < -0.3 is 5.32 Å². The van der Waals surface area contributed by atoms with Crippen molar-refractivity contribution in [1.29, 1.82) is 0 Å². The number of nitrogens with zero attached hydrogens (tertiary/aromatic N) is 2. The van der Waals surface area contributed by atoms with Gasteiger partial charge in [-0.1, -0.05) is 43.0 Å². The third kappa shape index (κ3) is 4.78. The molecule has 0 aliphatic heterocycles. The Bertz CT molecular complexity index is 1030. The molecule has 1 amide bonds. The van der Waals surface area contributed by atoms with Crippen molar-refractivity contribution in [2.75, 3.05) is 5.75 Å². The lowest BCUT2D eigenvalue weighted by Gasteiger charge is -2.14. The van der Waals surface area contributed by atoms with Crippen LogP contribution in [0.5, 0.6) is 0 Å². The molecule has 5 nitrogen and oxygen atoms in total. The minimum absolute atomic E-state index is 0.0964. The molecule has 0 bridgehead atoms. The molecule has 28 heavy (non-hydrogen) atoms. The molecule has 0 unspecified atom stereocenters. The second-order valence-electron chi connectivity index (χ2n) is 6.59. The third-order valence-electron chi connectivity index (χ3n) is 4.43. The lowest BCUT2D eigenvalue weighted by atomic mass is 10.2. The van der Waals surface area contributed by atoms with Crippen molar-refractivity contribution in [1.82, 2.24) is 14.9 Å². The van der Waals surface area contributed by atoms with E-state index < -0.39 is 0 Å². The number of aromatic nitrogens is 2. The fourth-order valence-electron chi connectivity index (χ4n) is 2.72. The zero-order valence-electron chi connectivity index (χ0n) is 15.8. The van der Waals surface area contributed by atoms with Crippen LogP contribution in [-0.4, -0.2) is 27.3 Å². The summed E-state index contributed by atoms with van der Waals surface area (Å²) in [6.07, 6.45) is 0.847. The zero-order valence-corrected chi connectivity index (χ0v) is 16.6. The molecule has 2 aromatic carbocycles. The lowest BCUT2D eigenvalue weighted by Crippen LogP contribution is -2.33. The van der Waals surface area contributed by atoms with Gasteiger partial charge in [0.25, 0.3) is 5.56 Å². The van der Waals surface area contributed by atoms with Gasteiger partial charge in [-0.25, -0.2) is 9.37 Å². The molecule has 1 aromatic heterocycles. The highest BCUT2D eigenvalue weighted by atomic mass is 32.2. The summed E-state index contributed by atoms with van der Waals surface area (Å²) in [5.74, 6) is -0.266. The Labute approximate surface area is 167 Å². The number of benzene rings is 2. The third-order valence-corrected chi connectivity index (χ3v) is 5.41. The Balaban J connectivity index is 1.93. The van der Waals surface area contributed by atoms with Gasteiger partial charge in [0, 0.05) is 6.04 Å². The number of nitrogens with one attached hydrogen (secondary N) is 1. The molecule has 146 valence electrons. The lowest BCUT2D eigenvalue weighted by molar-refractivity contribution is -0.119. The van der Waals surface area contributed by atoms with Gasteiger partial charge in [0.15, 0.2) is 5.16 Å². The molecule has 7 heteroatoms. The maximum Gasteiger partial charge on any atom is 0.262 e. The predicted octanol–water partition coefficient (Wildman–Crippen LogP) is 3.59. The number of rotatable bonds is 7. The van der Waals surface area contributed by atoms with Crippen LogP contribution in [0, 0.1) is 5.82 Å². The second-order valence-corrected chi connectivity index (χ2v) is 7.54. The van der Waals surface area contributed by atoms with Gasteiger partial charge in [-0.3, -0.25) is 14.2 Å². The first-order chi connectivity index (χ1) is 13.5. The number of hydrogen-bond acceptors (Lipinski definition) is 4. The zero-order chi connectivity index (χ0) is 20.1. The number of amides is 1. The molecule has 3 rings (SSSR count). The topological polar surface area (TPSA) is 64.0 Å². The summed E-state index contributed by atoms with van der Waals surface area (Å²) in [5.41, 5.74) is 1.19. The summed E-state index contributed by atoms with van der Waals surface area (Å²) in [7, 11) is 0. The summed E-state index contributed by atoms with van der Waals surface area (Å²) in [4.78, 5) is 29.8. The van der Waals surface area contributed by atoms with E-state index in [-0.39, 0.29) is 35.6 Å². The number of carbonyl (C=O) groups is 1. The summed E-state index contributed by atoms with van der Waals surface area (Å²) in [5, 5.41) is 3.89. The Morgan fingerprint density at radius 2 is 1.93 bits per heavy atom. The normalized spacial score (nSPS) is 12.1. The van der Waals surface area contributed by atoms with E-state index in [2.05, 4.69) is 10.3 Å². The van der Waals surface area contributed by atoms with Crippen LogP contribution < -0.4 is 10.9 Å². The highest BCUT2D eigenvalue weighted by Crippen LogP contribution is 2.19. The van der Waals surface area contributed by atoms with E-state index in [9.17, 15) is 14.0 Å². The van der Waals surface area contributed by atoms with E-state index in [1.807, 2.05) is 19.9 Å². The van der Waals surface area contributed by atoms with Crippen molar-refractivity contribution in [3.05, 3.63) is 70.3 Å². The fraction of sp³-hybridized carbons (Fsp3) is 0.286. The van der Waals surface area contributed by atoms with Crippen molar-refractivity contribution in [3.63, 3.8) is 0 Å². The molecule has 0 aliphatic carbocycles. The Morgan fingerprint density at radius 3 is 2.64 bits per heavy atom. The minimum atomic E-state index is -0.330. The molecule has 1 N–H and O–H groups in total. The van der Waals surface area contributed by atoms with Gasteiger partial charge in [0.05, 0.1) is 23.2 Å². The van der Waals surface area contributed by atoms with Crippen molar-refractivity contribution in [3.8, 4) is 0 Å². The molecule has 0 spiro atoms. The van der Waals surface area contributed by atoms with E-state index >= 15 is 0 Å². The molecule has 1 heterocycles. The first kappa shape index (κ1) is 20.1. The fourth-order valence-corrected chi connectivity index (χ4v) is 3.53. The quantitative estimate of drug-likeness (QED) is 0.487. The minimum Gasteiger partial charge on any atom is -0.353 e. The average molecular weight is 399 g/mol. The van der Waals surface area contributed by atoms with Crippen LogP contribution in [0.1, 0.15) is 25.8 Å². The van der Waals surface area contributed by atoms with Crippen LogP contribution in [0.25, 0.3) is 10.9 Å². The Hall–Kier alpha value is -2.67. The standard InChI is InChI=1S/C21H22FN3O2S/c1-3-14(2)23-19(26)13-28-21-24-18-7-5-4-6-17(18)20(27)25(21)12-15-8-10-16(22)11-9-15/h4-11,14H,3,12-13H2,1-2H3,(H,23,26)/t14-/m0/s1. The van der Waals surface area contributed by atoms with E-state index in [0.29, 0.717) is 16.1 Å². The second kappa shape index (κ2) is 9.01. The summed E-state index contributed by atoms with van der Waals surface area (Å²) in [6.45, 7) is 4.21. The monoisotopic (exact) mass is 399 g/mol. The van der Waals surface area contributed by atoms with Gasteiger partial charge >= 0.3 is 0 Å². The van der Waals surface area contributed by atoms with E-state index in [1.54, 1.807) is 30.3 Å². The number of fused-ring (bicyclic) bond motifs is 1. The Kier molecular flexibility index (Phi) is 6.46. The van der Waals surface area contributed by atoms with Crippen LogP contribution >= 0.6 is 11.8 Å². The van der Waals surface area contributed by atoms with Gasteiger partial charge in [0.2, 0.25) is 5.91 Å². The summed E-state index contributed by atoms with van der Waals surface area (Å²) < 4.78 is 14.7. The van der Waals surface area contributed by atoms with Crippen molar-refractivity contribution in [2.24, 2.45) is 0 Å². The number of thioether (sulfide) groups is 1. The maximum atomic E-state index is 13.2. The van der Waals surface area contributed by atoms with Gasteiger partial charge in [-0.05, 0) is 43.2 Å². The highest BCUT2D eigenvalue weighted by Gasteiger charge is 2.14. The van der Waals surface area contributed by atoms with E-state index in [1.165, 1.54) is 28.5 Å². The number of carbonyl (C=O) groups excluding carboxylic acids is 1. The van der Waals surface area contributed by atoms with Gasteiger partial charge in [-0.2, -0.15) is 0 Å². The number of para-hydroxylation sites is 1. The maximum absolute atomic E-state index is 13.2.